The molecule has 1 aliphatic rings. The van der Waals surface area contributed by atoms with Gasteiger partial charge in [-0.3, -0.25) is 10.1 Å². The minimum atomic E-state index is -0.500. The molecule has 3 N–H and O–H groups in total. The minimum absolute atomic E-state index is 0.0826. The van der Waals surface area contributed by atoms with E-state index in [1.165, 1.54) is 6.07 Å². The maximum Gasteiger partial charge on any atom is 0.287 e. The van der Waals surface area contributed by atoms with Crippen molar-refractivity contribution in [1.82, 2.24) is 10.6 Å². The summed E-state index contributed by atoms with van der Waals surface area (Å²) in [5, 5.41) is 26.7. The molecule has 1 aromatic rings. The highest BCUT2D eigenvalue weighted by Gasteiger charge is 2.24. The summed E-state index contributed by atoms with van der Waals surface area (Å²) in [4.78, 5) is 10.1. The molecule has 1 fully saturated rings. The Morgan fingerprint density at radius 2 is 2.32 bits per heavy atom. The van der Waals surface area contributed by atoms with Crippen LogP contribution in [0.15, 0.2) is 18.2 Å². The van der Waals surface area contributed by atoms with Crippen molar-refractivity contribution in [2.24, 2.45) is 5.92 Å². The van der Waals surface area contributed by atoms with E-state index in [0.717, 1.165) is 12.1 Å². The lowest BCUT2D eigenvalue weighted by molar-refractivity contribution is -0.384. The number of halogens is 1. The fourth-order valence-corrected chi connectivity index (χ4v) is 2.41. The van der Waals surface area contributed by atoms with Crippen molar-refractivity contribution in [3.8, 4) is 0 Å². The van der Waals surface area contributed by atoms with Crippen molar-refractivity contribution in [1.29, 1.82) is 0 Å². The molecule has 1 heterocycles. The van der Waals surface area contributed by atoms with Crippen LogP contribution in [0.3, 0.4) is 0 Å². The topological polar surface area (TPSA) is 87.4 Å². The SMILES string of the molecule is O=[N+]([O-])c1ccc(CNCC2CNCC2O)cc1Cl. The van der Waals surface area contributed by atoms with Gasteiger partial charge in [0.15, 0.2) is 0 Å². The number of β-amino-alcohol motifs (C(OH)–C–C–N with tert-alkyl or cyclic N) is 1. The summed E-state index contributed by atoms with van der Waals surface area (Å²) < 4.78 is 0. The standard InChI is InChI=1S/C12H16ClN3O3/c13-10-3-8(1-2-11(10)16(18)19)4-14-5-9-6-15-7-12(9)17/h1-3,9,12,14-15,17H,4-7H2. The summed E-state index contributed by atoms with van der Waals surface area (Å²) in [6.07, 6.45) is -0.312. The molecule has 6 nitrogen and oxygen atoms in total. The van der Waals surface area contributed by atoms with Gasteiger partial charge in [-0.2, -0.15) is 0 Å². The highest BCUT2D eigenvalue weighted by Crippen LogP contribution is 2.24. The van der Waals surface area contributed by atoms with Crippen LogP contribution in [0.5, 0.6) is 0 Å². The van der Waals surface area contributed by atoms with Gasteiger partial charge in [-0.15, -0.1) is 0 Å². The molecule has 19 heavy (non-hydrogen) atoms. The monoisotopic (exact) mass is 285 g/mol. The Morgan fingerprint density at radius 3 is 2.89 bits per heavy atom. The third-order valence-corrected chi connectivity index (χ3v) is 3.55. The lowest BCUT2D eigenvalue weighted by atomic mass is 10.1. The zero-order valence-electron chi connectivity index (χ0n) is 10.3. The first-order valence-corrected chi connectivity index (χ1v) is 6.48. The number of aliphatic hydroxyl groups is 1. The van der Waals surface area contributed by atoms with Crippen molar-refractivity contribution >= 4 is 17.3 Å². The first-order valence-electron chi connectivity index (χ1n) is 6.10. The highest BCUT2D eigenvalue weighted by atomic mass is 35.5. The van der Waals surface area contributed by atoms with Gasteiger partial charge in [0.05, 0.1) is 11.0 Å². The van der Waals surface area contributed by atoms with E-state index in [2.05, 4.69) is 10.6 Å². The maximum absolute atomic E-state index is 10.6. The summed E-state index contributed by atoms with van der Waals surface area (Å²) in [5.41, 5.74) is 0.803. The molecule has 1 saturated heterocycles. The van der Waals surface area contributed by atoms with Gasteiger partial charge in [0.25, 0.3) is 5.69 Å². The van der Waals surface area contributed by atoms with Gasteiger partial charge in [-0.25, -0.2) is 0 Å². The molecule has 2 atom stereocenters. The van der Waals surface area contributed by atoms with E-state index in [0.29, 0.717) is 19.6 Å². The Hall–Kier alpha value is -1.21. The molecule has 7 heteroatoms. The molecule has 104 valence electrons. The Kier molecular flexibility index (Phi) is 4.71. The van der Waals surface area contributed by atoms with E-state index in [4.69, 9.17) is 11.6 Å². The lowest BCUT2D eigenvalue weighted by Gasteiger charge is -2.14. The molecule has 0 spiro atoms. The largest absolute Gasteiger partial charge is 0.391 e. The number of aliphatic hydroxyl groups excluding tert-OH is 1. The summed E-state index contributed by atoms with van der Waals surface area (Å²) in [5.74, 6) is 0.202. The van der Waals surface area contributed by atoms with Crippen molar-refractivity contribution < 1.29 is 10.0 Å². The first kappa shape index (κ1) is 14.2. The molecule has 1 aromatic carbocycles. The predicted octanol–water partition coefficient (Wildman–Crippen LogP) is 0.918. The molecular weight excluding hydrogens is 270 g/mol. The Balaban J connectivity index is 1.86. The minimum Gasteiger partial charge on any atom is -0.391 e. The predicted molar refractivity (Wildman–Crippen MR) is 72.2 cm³/mol. The summed E-state index contributed by atoms with van der Waals surface area (Å²) in [6, 6.07) is 4.68. The lowest BCUT2D eigenvalue weighted by Crippen LogP contribution is -2.30. The quantitative estimate of drug-likeness (QED) is 0.553. The van der Waals surface area contributed by atoms with Crippen LogP contribution < -0.4 is 10.6 Å². The van der Waals surface area contributed by atoms with Crippen LogP contribution >= 0.6 is 11.6 Å². The smallest absolute Gasteiger partial charge is 0.287 e. The fourth-order valence-electron chi connectivity index (χ4n) is 2.14. The number of nitro groups is 1. The van der Waals surface area contributed by atoms with Gasteiger partial charge in [-0.1, -0.05) is 17.7 Å². The number of nitrogens with zero attached hydrogens (tertiary/aromatic N) is 1. The second kappa shape index (κ2) is 6.29. The molecule has 0 aromatic heterocycles. The number of hydrogen-bond acceptors (Lipinski definition) is 5. The van der Waals surface area contributed by atoms with Crippen LogP contribution in [0.25, 0.3) is 0 Å². The average Bonchev–Trinajstić information content (AvgIpc) is 2.75. The molecule has 0 bridgehead atoms. The normalized spacial score (nSPS) is 22.6. The van der Waals surface area contributed by atoms with E-state index >= 15 is 0 Å². The number of hydrogen-bond donors (Lipinski definition) is 3. The van der Waals surface area contributed by atoms with E-state index in [9.17, 15) is 15.2 Å². The van der Waals surface area contributed by atoms with E-state index in [1.54, 1.807) is 12.1 Å². The summed E-state index contributed by atoms with van der Waals surface area (Å²) >= 11 is 5.83. The van der Waals surface area contributed by atoms with E-state index in [-0.39, 0.29) is 22.7 Å². The Labute approximate surface area is 115 Å². The van der Waals surface area contributed by atoms with Gasteiger partial charge in [0, 0.05) is 38.2 Å². The number of benzene rings is 1. The van der Waals surface area contributed by atoms with Crippen LogP contribution in [0, 0.1) is 16.0 Å². The number of rotatable bonds is 5. The van der Waals surface area contributed by atoms with Gasteiger partial charge >= 0.3 is 0 Å². The van der Waals surface area contributed by atoms with Gasteiger partial charge in [0.1, 0.15) is 5.02 Å². The van der Waals surface area contributed by atoms with Gasteiger partial charge in [-0.05, 0) is 11.6 Å². The summed E-state index contributed by atoms with van der Waals surface area (Å²) in [7, 11) is 0. The molecule has 2 rings (SSSR count). The molecule has 1 aliphatic heterocycles. The number of nitrogens with one attached hydrogen (secondary N) is 2. The van der Waals surface area contributed by atoms with Crippen LogP contribution in [0.1, 0.15) is 5.56 Å². The van der Waals surface area contributed by atoms with Crippen molar-refractivity contribution in [3.63, 3.8) is 0 Å². The molecule has 2 unspecified atom stereocenters. The molecular formula is C12H16ClN3O3. The second-order valence-electron chi connectivity index (χ2n) is 4.66. The number of nitro benzene ring substituents is 1. The van der Waals surface area contributed by atoms with Crippen molar-refractivity contribution in [2.45, 2.75) is 12.6 Å². The highest BCUT2D eigenvalue weighted by molar-refractivity contribution is 6.32. The zero-order valence-corrected chi connectivity index (χ0v) is 11.1. The van der Waals surface area contributed by atoms with Crippen LogP contribution in [0.4, 0.5) is 5.69 Å². The van der Waals surface area contributed by atoms with Crippen LogP contribution in [-0.2, 0) is 6.54 Å². The first-order chi connectivity index (χ1) is 9.08. The van der Waals surface area contributed by atoms with Crippen molar-refractivity contribution in [2.75, 3.05) is 19.6 Å². The Bertz CT molecular complexity index is 470. The summed E-state index contributed by atoms with van der Waals surface area (Å²) in [6.45, 7) is 2.70. The molecule has 0 aliphatic carbocycles. The maximum atomic E-state index is 10.6. The fraction of sp³-hybridized carbons (Fsp3) is 0.500. The third-order valence-electron chi connectivity index (χ3n) is 3.25. The average molecular weight is 286 g/mol. The van der Waals surface area contributed by atoms with Crippen molar-refractivity contribution in [3.05, 3.63) is 38.9 Å². The van der Waals surface area contributed by atoms with Crippen LogP contribution in [0.2, 0.25) is 5.02 Å². The molecule has 0 radical (unpaired) electrons. The van der Waals surface area contributed by atoms with Gasteiger partial charge < -0.3 is 15.7 Å². The van der Waals surface area contributed by atoms with Gasteiger partial charge in [0.2, 0.25) is 0 Å². The molecule has 0 saturated carbocycles. The zero-order chi connectivity index (χ0) is 13.8. The third kappa shape index (κ3) is 3.63. The Morgan fingerprint density at radius 1 is 1.53 bits per heavy atom. The molecule has 0 amide bonds. The second-order valence-corrected chi connectivity index (χ2v) is 5.07. The van der Waals surface area contributed by atoms with E-state index in [1.807, 2.05) is 0 Å². The van der Waals surface area contributed by atoms with E-state index < -0.39 is 4.92 Å². The van der Waals surface area contributed by atoms with Crippen LogP contribution in [-0.4, -0.2) is 35.8 Å².